The zero-order chi connectivity index (χ0) is 17.3. The minimum Gasteiger partial charge on any atom is -0.339 e. The van der Waals surface area contributed by atoms with Crippen molar-refractivity contribution in [1.29, 1.82) is 0 Å². The Morgan fingerprint density at radius 3 is 2.58 bits per heavy atom. The molecule has 1 amide bonds. The lowest BCUT2D eigenvalue weighted by Crippen LogP contribution is -2.56. The lowest BCUT2D eigenvalue weighted by atomic mass is 9.84. The van der Waals surface area contributed by atoms with Gasteiger partial charge < -0.3 is 4.90 Å². The Morgan fingerprint density at radius 2 is 1.92 bits per heavy atom. The summed E-state index contributed by atoms with van der Waals surface area (Å²) in [5.74, 6) is -0.0835. The summed E-state index contributed by atoms with van der Waals surface area (Å²) in [4.78, 5) is 14.2. The van der Waals surface area contributed by atoms with Crippen LogP contribution in [-0.4, -0.2) is 49.2 Å². The summed E-state index contributed by atoms with van der Waals surface area (Å²) in [7, 11) is -3.61. The van der Waals surface area contributed by atoms with Gasteiger partial charge >= 0.3 is 0 Å². The van der Waals surface area contributed by atoms with E-state index in [9.17, 15) is 17.6 Å². The molecule has 7 heteroatoms. The molecule has 2 heterocycles. The molecule has 2 aliphatic heterocycles. The van der Waals surface area contributed by atoms with Crippen molar-refractivity contribution in [3.05, 3.63) is 30.1 Å². The number of nitrogens with zero attached hydrogens (tertiary/aromatic N) is 2. The number of benzene rings is 1. The van der Waals surface area contributed by atoms with Crippen molar-refractivity contribution >= 4 is 15.9 Å². The largest absolute Gasteiger partial charge is 0.339 e. The molecule has 0 unspecified atom stereocenters. The molecule has 0 aliphatic carbocycles. The van der Waals surface area contributed by atoms with Crippen molar-refractivity contribution in [2.75, 3.05) is 19.6 Å². The highest BCUT2D eigenvalue weighted by Gasteiger charge is 2.41. The Hall–Kier alpha value is -1.47. The van der Waals surface area contributed by atoms with Gasteiger partial charge in [0.05, 0.1) is 4.90 Å². The highest BCUT2D eigenvalue weighted by molar-refractivity contribution is 7.89. The Kier molecular flexibility index (Phi) is 4.92. The van der Waals surface area contributed by atoms with Crippen LogP contribution < -0.4 is 0 Å². The van der Waals surface area contributed by atoms with Crippen LogP contribution >= 0.6 is 0 Å². The Bertz CT molecular complexity index is 705. The van der Waals surface area contributed by atoms with Crippen molar-refractivity contribution in [2.45, 2.75) is 43.5 Å². The van der Waals surface area contributed by atoms with E-state index < -0.39 is 15.8 Å². The van der Waals surface area contributed by atoms with Crippen LogP contribution in [0.5, 0.6) is 0 Å². The van der Waals surface area contributed by atoms with Crippen LogP contribution in [0.4, 0.5) is 4.39 Å². The maximum atomic E-state index is 13.0. The number of carbonyl (C=O) groups is 1. The van der Waals surface area contributed by atoms with Gasteiger partial charge in [0.1, 0.15) is 5.82 Å². The zero-order valence-electron chi connectivity index (χ0n) is 13.8. The average molecular weight is 354 g/mol. The Labute approximate surface area is 142 Å². The van der Waals surface area contributed by atoms with Gasteiger partial charge in [-0.1, -0.05) is 6.92 Å². The molecule has 0 aromatic heterocycles. The van der Waals surface area contributed by atoms with E-state index in [0.717, 1.165) is 19.4 Å². The number of sulfonamides is 1. The topological polar surface area (TPSA) is 57.7 Å². The highest BCUT2D eigenvalue weighted by atomic mass is 32.2. The van der Waals surface area contributed by atoms with Gasteiger partial charge in [-0.05, 0) is 49.4 Å². The van der Waals surface area contributed by atoms with Crippen LogP contribution in [0.3, 0.4) is 0 Å². The van der Waals surface area contributed by atoms with Gasteiger partial charge in [0.2, 0.25) is 15.9 Å². The van der Waals surface area contributed by atoms with E-state index in [0.29, 0.717) is 25.9 Å². The van der Waals surface area contributed by atoms with E-state index >= 15 is 0 Å². The second-order valence-electron chi connectivity index (χ2n) is 6.56. The number of likely N-dealkylation sites (tertiary alicyclic amines) is 1. The molecule has 5 nitrogen and oxygen atoms in total. The van der Waals surface area contributed by atoms with E-state index in [1.54, 1.807) is 0 Å². The van der Waals surface area contributed by atoms with Crippen LogP contribution in [0, 0.1) is 11.7 Å². The lowest BCUT2D eigenvalue weighted by molar-refractivity contribution is -0.140. The van der Waals surface area contributed by atoms with Crippen molar-refractivity contribution in [3.8, 4) is 0 Å². The molecular weight excluding hydrogens is 331 g/mol. The summed E-state index contributed by atoms with van der Waals surface area (Å²) < 4.78 is 40.1. The number of piperidine rings is 2. The molecule has 3 rings (SSSR count). The van der Waals surface area contributed by atoms with Gasteiger partial charge in [-0.15, -0.1) is 0 Å². The summed E-state index contributed by atoms with van der Waals surface area (Å²) >= 11 is 0. The molecule has 1 aromatic rings. The molecule has 2 fully saturated rings. The highest BCUT2D eigenvalue weighted by Crippen LogP contribution is 2.33. The average Bonchev–Trinajstić information content (AvgIpc) is 2.57. The monoisotopic (exact) mass is 354 g/mol. The summed E-state index contributed by atoms with van der Waals surface area (Å²) in [5.41, 5.74) is 0. The van der Waals surface area contributed by atoms with Crippen molar-refractivity contribution in [2.24, 2.45) is 5.92 Å². The first-order valence-electron chi connectivity index (χ1n) is 8.48. The van der Waals surface area contributed by atoms with E-state index in [1.165, 1.54) is 28.6 Å². The molecule has 0 saturated carbocycles. The first-order chi connectivity index (χ1) is 11.4. The third kappa shape index (κ3) is 3.19. The van der Waals surface area contributed by atoms with Gasteiger partial charge in [0.15, 0.2) is 0 Å². The van der Waals surface area contributed by atoms with Crippen LogP contribution in [0.15, 0.2) is 29.2 Å². The molecule has 1 aromatic carbocycles. The summed E-state index contributed by atoms with van der Waals surface area (Å²) in [6.45, 7) is 3.61. The SMILES string of the molecule is CCCN1C(=O)CC[C@H]2CN(S(=O)(=O)c3ccc(F)cc3)CC[C@H]21. The maximum Gasteiger partial charge on any atom is 0.243 e. The first-order valence-corrected chi connectivity index (χ1v) is 9.92. The van der Waals surface area contributed by atoms with Crippen LogP contribution in [0.1, 0.15) is 32.6 Å². The predicted octanol–water partition coefficient (Wildman–Crippen LogP) is 2.24. The van der Waals surface area contributed by atoms with Crippen LogP contribution in [0.2, 0.25) is 0 Å². The number of amides is 1. The molecule has 0 bridgehead atoms. The minimum atomic E-state index is -3.61. The zero-order valence-corrected chi connectivity index (χ0v) is 14.6. The summed E-state index contributed by atoms with van der Waals surface area (Å²) in [6, 6.07) is 5.10. The standard InChI is InChI=1S/C17H23FN2O3S/c1-2-10-20-16-9-11-19(12-13(16)3-8-17(20)21)24(22,23)15-6-4-14(18)5-7-15/h4-7,13,16H,2-3,8-12H2,1H3/t13-,16+/m0/s1. The lowest BCUT2D eigenvalue weighted by Gasteiger charge is -2.46. The van der Waals surface area contributed by atoms with Gasteiger partial charge in [-0.25, -0.2) is 12.8 Å². The molecule has 2 atom stereocenters. The van der Waals surface area contributed by atoms with E-state index in [-0.39, 0.29) is 22.8 Å². The predicted molar refractivity (Wildman–Crippen MR) is 88.3 cm³/mol. The fourth-order valence-electron chi connectivity index (χ4n) is 3.82. The molecule has 0 spiro atoms. The molecule has 0 N–H and O–H groups in total. The number of carbonyl (C=O) groups excluding carboxylic acids is 1. The second kappa shape index (κ2) is 6.80. The molecule has 2 saturated heterocycles. The van der Waals surface area contributed by atoms with Gasteiger partial charge in [0, 0.05) is 32.1 Å². The molecule has 24 heavy (non-hydrogen) atoms. The van der Waals surface area contributed by atoms with E-state index in [1.807, 2.05) is 11.8 Å². The molecule has 0 radical (unpaired) electrons. The fourth-order valence-corrected chi connectivity index (χ4v) is 5.33. The fraction of sp³-hybridized carbons (Fsp3) is 0.588. The summed E-state index contributed by atoms with van der Waals surface area (Å²) in [6.07, 6.45) is 2.80. The van der Waals surface area contributed by atoms with Crippen molar-refractivity contribution < 1.29 is 17.6 Å². The maximum absolute atomic E-state index is 13.0. The minimum absolute atomic E-state index is 0.125. The third-order valence-corrected chi connectivity index (χ3v) is 6.90. The number of hydrogen-bond donors (Lipinski definition) is 0. The molecule has 2 aliphatic rings. The Balaban J connectivity index is 1.77. The van der Waals surface area contributed by atoms with Gasteiger partial charge in [-0.2, -0.15) is 4.31 Å². The molecular formula is C17H23FN2O3S. The quantitative estimate of drug-likeness (QED) is 0.833. The van der Waals surface area contributed by atoms with E-state index in [2.05, 4.69) is 0 Å². The summed E-state index contributed by atoms with van der Waals surface area (Å²) in [5, 5.41) is 0. The van der Waals surface area contributed by atoms with Crippen molar-refractivity contribution in [1.82, 2.24) is 9.21 Å². The number of hydrogen-bond acceptors (Lipinski definition) is 3. The number of rotatable bonds is 4. The number of halogens is 1. The van der Waals surface area contributed by atoms with E-state index in [4.69, 9.17) is 0 Å². The first kappa shape index (κ1) is 17.4. The number of fused-ring (bicyclic) bond motifs is 1. The van der Waals surface area contributed by atoms with Crippen molar-refractivity contribution in [3.63, 3.8) is 0 Å². The Morgan fingerprint density at radius 1 is 1.21 bits per heavy atom. The third-order valence-electron chi connectivity index (χ3n) is 5.02. The normalized spacial score (nSPS) is 25.6. The molecule has 132 valence electrons. The van der Waals surface area contributed by atoms with Crippen LogP contribution in [-0.2, 0) is 14.8 Å². The van der Waals surface area contributed by atoms with Gasteiger partial charge in [0.25, 0.3) is 0 Å². The van der Waals surface area contributed by atoms with Crippen LogP contribution in [0.25, 0.3) is 0 Å². The van der Waals surface area contributed by atoms with Gasteiger partial charge in [-0.3, -0.25) is 4.79 Å². The second-order valence-corrected chi connectivity index (χ2v) is 8.50. The smallest absolute Gasteiger partial charge is 0.243 e.